The van der Waals surface area contributed by atoms with Gasteiger partial charge in [-0.2, -0.15) is 0 Å². The highest BCUT2D eigenvalue weighted by molar-refractivity contribution is 5.79. The number of rotatable bonds is 15. The van der Waals surface area contributed by atoms with Gasteiger partial charge in [0.1, 0.15) is 12.4 Å². The zero-order valence-corrected chi connectivity index (χ0v) is 15.6. The molecule has 1 heterocycles. The minimum Gasteiger partial charge on any atom is -0.467 e. The lowest BCUT2D eigenvalue weighted by Gasteiger charge is -2.11. The zero-order chi connectivity index (χ0) is 18.0. The molecule has 0 bridgehead atoms. The van der Waals surface area contributed by atoms with Crippen molar-refractivity contribution in [1.29, 1.82) is 0 Å². The number of nitrogens with zero attached hydrogens (tertiary/aromatic N) is 1. The Morgan fingerprint density at radius 2 is 1.96 bits per heavy atom. The first kappa shape index (κ1) is 21.5. The van der Waals surface area contributed by atoms with E-state index in [0.29, 0.717) is 26.4 Å². The first-order valence-corrected chi connectivity index (χ1v) is 9.05. The first-order valence-electron chi connectivity index (χ1n) is 9.05. The van der Waals surface area contributed by atoms with E-state index in [1.54, 1.807) is 13.4 Å². The van der Waals surface area contributed by atoms with Gasteiger partial charge in [-0.25, -0.2) is 0 Å². The molecule has 1 aromatic heterocycles. The molecule has 0 saturated carbocycles. The molecule has 25 heavy (non-hydrogen) atoms. The lowest BCUT2D eigenvalue weighted by atomic mass is 10.3. The second-order valence-electron chi connectivity index (χ2n) is 5.49. The van der Waals surface area contributed by atoms with E-state index in [0.717, 1.165) is 57.2 Å². The molecule has 0 saturated heterocycles. The predicted molar refractivity (Wildman–Crippen MR) is 98.9 cm³/mol. The molecule has 0 aliphatic carbocycles. The summed E-state index contributed by atoms with van der Waals surface area (Å²) < 4.78 is 21.1. The molecule has 0 unspecified atom stereocenters. The van der Waals surface area contributed by atoms with Crippen LogP contribution in [-0.4, -0.2) is 59.1 Å². The van der Waals surface area contributed by atoms with Crippen molar-refractivity contribution in [2.75, 3.05) is 53.2 Å². The average molecular weight is 355 g/mol. The standard InChI is InChI=1S/C18H33N3O4/c1-3-19-18(20-9-4-5-11-23-15-14-22-2)21-10-7-12-24-16-17-8-6-13-25-17/h6,8,13H,3-5,7,9-12,14-16H2,1-2H3,(H2,19,20,21). The van der Waals surface area contributed by atoms with Gasteiger partial charge in [0.05, 0.1) is 19.5 Å². The van der Waals surface area contributed by atoms with Crippen molar-refractivity contribution in [2.24, 2.45) is 4.99 Å². The van der Waals surface area contributed by atoms with E-state index in [-0.39, 0.29) is 0 Å². The Labute approximate surface area is 151 Å². The summed E-state index contributed by atoms with van der Waals surface area (Å²) in [4.78, 5) is 4.55. The molecular formula is C18H33N3O4. The van der Waals surface area contributed by atoms with Crippen molar-refractivity contribution in [2.45, 2.75) is 32.8 Å². The minimum atomic E-state index is 0.515. The summed E-state index contributed by atoms with van der Waals surface area (Å²) in [6.07, 6.45) is 4.61. The molecule has 0 radical (unpaired) electrons. The third-order valence-corrected chi connectivity index (χ3v) is 3.33. The molecule has 0 amide bonds. The molecule has 2 N–H and O–H groups in total. The fourth-order valence-corrected chi connectivity index (χ4v) is 2.05. The SMILES string of the molecule is CCNC(=NCCCOCc1ccco1)NCCCCOCCOC. The fourth-order valence-electron chi connectivity index (χ4n) is 2.05. The van der Waals surface area contributed by atoms with E-state index in [9.17, 15) is 0 Å². The fraction of sp³-hybridized carbons (Fsp3) is 0.722. The number of furan rings is 1. The third kappa shape index (κ3) is 12.4. The van der Waals surface area contributed by atoms with Gasteiger partial charge >= 0.3 is 0 Å². The maximum atomic E-state index is 5.55. The number of hydrogen-bond acceptors (Lipinski definition) is 5. The summed E-state index contributed by atoms with van der Waals surface area (Å²) in [6, 6.07) is 3.77. The monoisotopic (exact) mass is 355 g/mol. The normalized spacial score (nSPS) is 11.7. The van der Waals surface area contributed by atoms with E-state index in [1.807, 2.05) is 12.1 Å². The van der Waals surface area contributed by atoms with Crippen LogP contribution in [0.15, 0.2) is 27.8 Å². The quantitative estimate of drug-likeness (QED) is 0.285. The van der Waals surface area contributed by atoms with Gasteiger partial charge in [-0.15, -0.1) is 0 Å². The van der Waals surface area contributed by atoms with Crippen molar-refractivity contribution < 1.29 is 18.6 Å². The Balaban J connectivity index is 2.02. The van der Waals surface area contributed by atoms with Gasteiger partial charge in [0.15, 0.2) is 5.96 Å². The van der Waals surface area contributed by atoms with Crippen LogP contribution in [0, 0.1) is 0 Å². The number of guanidine groups is 1. The highest BCUT2D eigenvalue weighted by Gasteiger charge is 1.98. The Kier molecular flexibility index (Phi) is 13.7. The number of methoxy groups -OCH3 is 1. The number of ether oxygens (including phenoxy) is 3. The number of hydrogen-bond donors (Lipinski definition) is 2. The number of unbranched alkanes of at least 4 members (excludes halogenated alkanes) is 1. The van der Waals surface area contributed by atoms with E-state index in [4.69, 9.17) is 18.6 Å². The minimum absolute atomic E-state index is 0.515. The summed E-state index contributed by atoms with van der Waals surface area (Å²) in [7, 11) is 1.68. The van der Waals surface area contributed by atoms with Crippen molar-refractivity contribution in [3.05, 3.63) is 24.2 Å². The highest BCUT2D eigenvalue weighted by Crippen LogP contribution is 2.01. The molecule has 0 fully saturated rings. The molecule has 0 aromatic carbocycles. The van der Waals surface area contributed by atoms with Crippen molar-refractivity contribution in [3.63, 3.8) is 0 Å². The summed E-state index contributed by atoms with van der Waals surface area (Å²) in [5.74, 6) is 1.71. The smallest absolute Gasteiger partial charge is 0.191 e. The Morgan fingerprint density at radius 1 is 1.08 bits per heavy atom. The molecule has 0 aliphatic heterocycles. The van der Waals surface area contributed by atoms with E-state index in [1.165, 1.54) is 0 Å². The predicted octanol–water partition coefficient (Wildman–Crippen LogP) is 2.18. The molecule has 0 aliphatic rings. The number of nitrogens with one attached hydrogen (secondary N) is 2. The second kappa shape index (κ2) is 15.9. The van der Waals surface area contributed by atoms with Gasteiger partial charge in [-0.1, -0.05) is 0 Å². The Hall–Kier alpha value is -1.57. The lowest BCUT2D eigenvalue weighted by molar-refractivity contribution is 0.0689. The van der Waals surface area contributed by atoms with Gasteiger partial charge in [0, 0.05) is 40.0 Å². The van der Waals surface area contributed by atoms with Crippen LogP contribution in [0.4, 0.5) is 0 Å². The third-order valence-electron chi connectivity index (χ3n) is 3.33. The Morgan fingerprint density at radius 3 is 2.72 bits per heavy atom. The van der Waals surface area contributed by atoms with Crippen LogP contribution < -0.4 is 10.6 Å². The van der Waals surface area contributed by atoms with Crippen LogP contribution in [0.1, 0.15) is 31.9 Å². The van der Waals surface area contributed by atoms with Crippen LogP contribution in [0.2, 0.25) is 0 Å². The molecule has 1 aromatic rings. The van der Waals surface area contributed by atoms with E-state index < -0.39 is 0 Å². The molecule has 144 valence electrons. The lowest BCUT2D eigenvalue weighted by Crippen LogP contribution is -2.38. The van der Waals surface area contributed by atoms with Crippen LogP contribution >= 0.6 is 0 Å². The van der Waals surface area contributed by atoms with Crippen molar-refractivity contribution in [1.82, 2.24) is 10.6 Å². The van der Waals surface area contributed by atoms with Crippen LogP contribution in [0.3, 0.4) is 0 Å². The van der Waals surface area contributed by atoms with Crippen LogP contribution in [0.25, 0.3) is 0 Å². The zero-order valence-electron chi connectivity index (χ0n) is 15.6. The Bertz CT molecular complexity index is 424. The second-order valence-corrected chi connectivity index (χ2v) is 5.49. The molecule has 1 rings (SSSR count). The first-order chi connectivity index (χ1) is 12.4. The molecular weight excluding hydrogens is 322 g/mol. The van der Waals surface area contributed by atoms with Gasteiger partial charge in [-0.05, 0) is 38.3 Å². The number of aliphatic imine (C=N–C) groups is 1. The maximum Gasteiger partial charge on any atom is 0.191 e. The average Bonchev–Trinajstić information content (AvgIpc) is 3.13. The molecule has 7 nitrogen and oxygen atoms in total. The van der Waals surface area contributed by atoms with E-state index >= 15 is 0 Å². The molecule has 0 spiro atoms. The maximum absolute atomic E-state index is 5.55. The van der Waals surface area contributed by atoms with Gasteiger partial charge in [-0.3, -0.25) is 4.99 Å². The summed E-state index contributed by atoms with van der Waals surface area (Å²) >= 11 is 0. The highest BCUT2D eigenvalue weighted by atomic mass is 16.5. The summed E-state index contributed by atoms with van der Waals surface area (Å²) in [5.41, 5.74) is 0. The van der Waals surface area contributed by atoms with Crippen molar-refractivity contribution >= 4 is 5.96 Å². The van der Waals surface area contributed by atoms with E-state index in [2.05, 4.69) is 22.5 Å². The largest absolute Gasteiger partial charge is 0.467 e. The molecule has 0 atom stereocenters. The van der Waals surface area contributed by atoms with Gasteiger partial charge < -0.3 is 29.3 Å². The topological polar surface area (TPSA) is 77.3 Å². The van der Waals surface area contributed by atoms with Crippen molar-refractivity contribution in [3.8, 4) is 0 Å². The van der Waals surface area contributed by atoms with Gasteiger partial charge in [0.25, 0.3) is 0 Å². The molecule has 7 heteroatoms. The summed E-state index contributed by atoms with van der Waals surface area (Å²) in [6.45, 7) is 7.79. The van der Waals surface area contributed by atoms with Crippen LogP contribution in [0.5, 0.6) is 0 Å². The summed E-state index contributed by atoms with van der Waals surface area (Å²) in [5, 5.41) is 6.59. The van der Waals surface area contributed by atoms with Gasteiger partial charge in [0.2, 0.25) is 0 Å². The van der Waals surface area contributed by atoms with Crippen LogP contribution in [-0.2, 0) is 20.8 Å².